The Labute approximate surface area is 117 Å². The summed E-state index contributed by atoms with van der Waals surface area (Å²) in [6.07, 6.45) is 0. The SMILES string of the molecule is COc1nc2ccc3[nH]c4ccccc4c(=O)c3c2s1. The molecule has 20 heavy (non-hydrogen) atoms. The highest BCUT2D eigenvalue weighted by Gasteiger charge is 2.12. The van der Waals surface area contributed by atoms with E-state index in [1.807, 2.05) is 36.4 Å². The van der Waals surface area contributed by atoms with Crippen LogP contribution in [0.3, 0.4) is 0 Å². The highest BCUT2D eigenvalue weighted by molar-refractivity contribution is 7.21. The normalized spacial score (nSPS) is 11.4. The lowest BCUT2D eigenvalue weighted by Gasteiger charge is -2.02. The molecular formula is C15H10N2O2S. The lowest BCUT2D eigenvalue weighted by Crippen LogP contribution is -2.03. The van der Waals surface area contributed by atoms with Crippen molar-refractivity contribution in [2.75, 3.05) is 7.11 Å². The smallest absolute Gasteiger partial charge is 0.274 e. The molecule has 0 bridgehead atoms. The lowest BCUT2D eigenvalue weighted by molar-refractivity contribution is 0.413. The molecule has 0 saturated carbocycles. The van der Waals surface area contributed by atoms with Gasteiger partial charge in [-0.3, -0.25) is 4.79 Å². The summed E-state index contributed by atoms with van der Waals surface area (Å²) < 4.78 is 6.04. The quantitative estimate of drug-likeness (QED) is 0.545. The summed E-state index contributed by atoms with van der Waals surface area (Å²) >= 11 is 1.40. The number of nitrogens with zero attached hydrogens (tertiary/aromatic N) is 1. The number of benzene rings is 2. The molecule has 0 fully saturated rings. The Balaban J connectivity index is 2.28. The zero-order chi connectivity index (χ0) is 13.7. The largest absolute Gasteiger partial charge is 0.473 e. The first-order chi connectivity index (χ1) is 9.78. The molecule has 2 aromatic carbocycles. The summed E-state index contributed by atoms with van der Waals surface area (Å²) in [6.45, 7) is 0. The number of fused-ring (bicyclic) bond motifs is 4. The van der Waals surface area contributed by atoms with Gasteiger partial charge in [-0.05, 0) is 24.3 Å². The fourth-order valence-corrected chi connectivity index (χ4v) is 3.38. The molecule has 0 aliphatic rings. The van der Waals surface area contributed by atoms with Gasteiger partial charge in [-0.25, -0.2) is 4.98 Å². The van der Waals surface area contributed by atoms with Crippen LogP contribution in [0.4, 0.5) is 0 Å². The van der Waals surface area contributed by atoms with Crippen molar-refractivity contribution in [2.45, 2.75) is 0 Å². The minimum Gasteiger partial charge on any atom is -0.473 e. The number of hydrogen-bond donors (Lipinski definition) is 1. The third kappa shape index (κ3) is 1.47. The van der Waals surface area contributed by atoms with E-state index in [0.29, 0.717) is 16.0 Å². The number of para-hydroxylation sites is 1. The molecule has 1 N–H and O–H groups in total. The molecule has 2 heterocycles. The van der Waals surface area contributed by atoms with Crippen LogP contribution >= 0.6 is 11.3 Å². The van der Waals surface area contributed by atoms with Crippen molar-refractivity contribution in [2.24, 2.45) is 0 Å². The first kappa shape index (κ1) is 11.4. The molecule has 0 unspecified atom stereocenters. The van der Waals surface area contributed by atoms with Gasteiger partial charge >= 0.3 is 0 Å². The molecular weight excluding hydrogens is 272 g/mol. The lowest BCUT2D eigenvalue weighted by atomic mass is 10.1. The van der Waals surface area contributed by atoms with Crippen LogP contribution in [0, 0.1) is 0 Å². The van der Waals surface area contributed by atoms with Crippen LogP contribution in [-0.2, 0) is 0 Å². The van der Waals surface area contributed by atoms with Gasteiger partial charge in [0.2, 0.25) is 0 Å². The third-order valence-electron chi connectivity index (χ3n) is 3.38. The number of pyridine rings is 1. The molecule has 0 radical (unpaired) electrons. The van der Waals surface area contributed by atoms with Crippen LogP contribution in [0.25, 0.3) is 32.0 Å². The van der Waals surface area contributed by atoms with Gasteiger partial charge in [0.1, 0.15) is 0 Å². The zero-order valence-corrected chi connectivity index (χ0v) is 11.5. The number of methoxy groups -OCH3 is 1. The van der Waals surface area contributed by atoms with Crippen LogP contribution in [0.2, 0.25) is 0 Å². The maximum absolute atomic E-state index is 12.7. The van der Waals surface area contributed by atoms with E-state index in [-0.39, 0.29) is 5.43 Å². The molecule has 4 nitrogen and oxygen atoms in total. The minimum absolute atomic E-state index is 0.0336. The second kappa shape index (κ2) is 4.05. The first-order valence-electron chi connectivity index (χ1n) is 6.16. The summed E-state index contributed by atoms with van der Waals surface area (Å²) in [5.74, 6) is 0. The number of ether oxygens (including phenoxy) is 1. The first-order valence-corrected chi connectivity index (χ1v) is 6.98. The van der Waals surface area contributed by atoms with Gasteiger partial charge in [-0.1, -0.05) is 23.5 Å². The molecule has 2 aromatic heterocycles. The van der Waals surface area contributed by atoms with Crippen molar-refractivity contribution in [3.8, 4) is 5.19 Å². The molecule has 98 valence electrons. The van der Waals surface area contributed by atoms with Crippen LogP contribution < -0.4 is 10.2 Å². The van der Waals surface area contributed by atoms with Gasteiger partial charge in [-0.2, -0.15) is 0 Å². The van der Waals surface area contributed by atoms with E-state index in [4.69, 9.17) is 4.74 Å². The molecule has 0 spiro atoms. The van der Waals surface area contributed by atoms with Crippen LogP contribution in [-0.4, -0.2) is 17.1 Å². The predicted octanol–water partition coefficient (Wildman–Crippen LogP) is 3.30. The van der Waals surface area contributed by atoms with Crippen molar-refractivity contribution in [3.05, 3.63) is 46.6 Å². The van der Waals surface area contributed by atoms with Crippen molar-refractivity contribution >= 4 is 43.4 Å². The van der Waals surface area contributed by atoms with Gasteiger partial charge in [0.15, 0.2) is 5.43 Å². The average molecular weight is 282 g/mol. The number of aromatic amines is 1. The summed E-state index contributed by atoms with van der Waals surface area (Å²) in [5.41, 5.74) is 2.50. The van der Waals surface area contributed by atoms with Crippen LogP contribution in [0.1, 0.15) is 0 Å². The highest BCUT2D eigenvalue weighted by atomic mass is 32.1. The summed E-state index contributed by atoms with van der Waals surface area (Å²) in [7, 11) is 1.58. The second-order valence-corrected chi connectivity index (χ2v) is 5.48. The van der Waals surface area contributed by atoms with E-state index in [1.165, 1.54) is 11.3 Å². The second-order valence-electron chi connectivity index (χ2n) is 4.52. The van der Waals surface area contributed by atoms with E-state index in [2.05, 4.69) is 9.97 Å². The van der Waals surface area contributed by atoms with E-state index >= 15 is 0 Å². The number of nitrogens with one attached hydrogen (secondary N) is 1. The van der Waals surface area contributed by atoms with Crippen molar-refractivity contribution in [1.29, 1.82) is 0 Å². The highest BCUT2D eigenvalue weighted by Crippen LogP contribution is 2.32. The van der Waals surface area contributed by atoms with Gasteiger partial charge in [0.25, 0.3) is 5.19 Å². The molecule has 0 aliphatic heterocycles. The van der Waals surface area contributed by atoms with E-state index in [9.17, 15) is 4.79 Å². The van der Waals surface area contributed by atoms with Gasteiger partial charge in [0, 0.05) is 10.9 Å². The third-order valence-corrected chi connectivity index (χ3v) is 4.43. The molecule has 4 rings (SSSR count). The Kier molecular flexibility index (Phi) is 2.31. The Bertz CT molecular complexity index is 1020. The van der Waals surface area contributed by atoms with Crippen molar-refractivity contribution in [3.63, 3.8) is 0 Å². The Morgan fingerprint density at radius 2 is 2.00 bits per heavy atom. The number of hydrogen-bond acceptors (Lipinski definition) is 4. The molecule has 0 amide bonds. The fraction of sp³-hybridized carbons (Fsp3) is 0.0667. The zero-order valence-electron chi connectivity index (χ0n) is 10.6. The molecule has 5 heteroatoms. The maximum Gasteiger partial charge on any atom is 0.274 e. The van der Waals surface area contributed by atoms with Crippen LogP contribution in [0.15, 0.2) is 41.2 Å². The Hall–Kier alpha value is -2.40. The Morgan fingerprint density at radius 1 is 1.15 bits per heavy atom. The van der Waals surface area contributed by atoms with E-state index < -0.39 is 0 Å². The fourth-order valence-electron chi connectivity index (χ4n) is 2.46. The molecule has 0 saturated heterocycles. The molecule has 0 atom stereocenters. The predicted molar refractivity (Wildman–Crippen MR) is 81.8 cm³/mol. The maximum atomic E-state index is 12.7. The van der Waals surface area contributed by atoms with Gasteiger partial charge < -0.3 is 9.72 Å². The summed E-state index contributed by atoms with van der Waals surface area (Å²) in [4.78, 5) is 20.4. The molecule has 4 aromatic rings. The number of thiazole rings is 1. The standard InChI is InChI=1S/C15H10N2O2S/c1-19-15-17-11-7-6-10-12(14(11)20-15)13(18)8-4-2-3-5-9(8)16-10/h2-7H,1H3,(H,16,18). The summed E-state index contributed by atoms with van der Waals surface area (Å²) in [6, 6.07) is 11.3. The number of aromatic nitrogens is 2. The van der Waals surface area contributed by atoms with E-state index in [0.717, 1.165) is 21.3 Å². The van der Waals surface area contributed by atoms with Gasteiger partial charge in [0.05, 0.1) is 28.2 Å². The topological polar surface area (TPSA) is 55.0 Å². The monoisotopic (exact) mass is 282 g/mol. The van der Waals surface area contributed by atoms with Crippen molar-refractivity contribution in [1.82, 2.24) is 9.97 Å². The Morgan fingerprint density at radius 3 is 2.85 bits per heavy atom. The number of H-pyrrole nitrogens is 1. The summed E-state index contributed by atoms with van der Waals surface area (Å²) in [5, 5.41) is 1.95. The van der Waals surface area contributed by atoms with Crippen LogP contribution in [0.5, 0.6) is 5.19 Å². The van der Waals surface area contributed by atoms with E-state index in [1.54, 1.807) is 7.11 Å². The molecule has 0 aliphatic carbocycles. The minimum atomic E-state index is 0.0336. The van der Waals surface area contributed by atoms with Crippen molar-refractivity contribution < 1.29 is 4.74 Å². The number of rotatable bonds is 1. The average Bonchev–Trinajstić information content (AvgIpc) is 2.90. The van der Waals surface area contributed by atoms with Gasteiger partial charge in [-0.15, -0.1) is 0 Å².